The zero-order valence-corrected chi connectivity index (χ0v) is 18.4. The fourth-order valence-electron chi connectivity index (χ4n) is 4.03. The quantitative estimate of drug-likeness (QED) is 0.345. The Labute approximate surface area is 191 Å². The number of rotatable bonds is 5. The summed E-state index contributed by atoms with van der Waals surface area (Å²) in [7, 11) is 2.96. The normalized spacial score (nSPS) is 17.3. The molecule has 4 rings (SSSR count). The molecule has 3 aromatic carbocycles. The number of aliphatic hydroxyl groups is 1. The molecule has 0 aliphatic carbocycles. The van der Waals surface area contributed by atoms with Crippen molar-refractivity contribution in [3.63, 3.8) is 0 Å². The van der Waals surface area contributed by atoms with E-state index in [1.807, 2.05) is 13.0 Å². The molecule has 7 heteroatoms. The lowest BCUT2D eigenvalue weighted by Gasteiger charge is -2.26. The van der Waals surface area contributed by atoms with Crippen molar-refractivity contribution in [2.24, 2.45) is 0 Å². The van der Waals surface area contributed by atoms with Gasteiger partial charge in [-0.25, -0.2) is 0 Å². The Morgan fingerprint density at radius 3 is 2.30 bits per heavy atom. The summed E-state index contributed by atoms with van der Waals surface area (Å²) in [6, 6.07) is 17.3. The zero-order valence-electron chi connectivity index (χ0n) is 18.4. The standard InChI is InChI=1S/C26H23NO6/c1-15-6-4-8-18(12-15)27-23(16-7-5-9-19(28)13-16)22(25(30)26(27)31)24(29)17-10-11-20(32-2)21(14-17)33-3/h4-14,23,28-29H,1-3H3/b24-22-. The molecule has 1 aliphatic heterocycles. The number of amides is 1. The molecular weight excluding hydrogens is 422 g/mol. The molecule has 1 unspecified atom stereocenters. The number of aryl methyl sites for hydroxylation is 1. The molecule has 0 saturated carbocycles. The fraction of sp³-hybridized carbons (Fsp3) is 0.154. The van der Waals surface area contributed by atoms with Gasteiger partial charge in [0, 0.05) is 11.3 Å². The number of aliphatic hydroxyl groups excluding tert-OH is 1. The predicted octanol–water partition coefficient (Wildman–Crippen LogP) is 4.34. The Kier molecular flexibility index (Phi) is 5.79. The Morgan fingerprint density at radius 2 is 1.64 bits per heavy atom. The Balaban J connectivity index is 1.95. The number of benzene rings is 3. The topological polar surface area (TPSA) is 96.3 Å². The van der Waals surface area contributed by atoms with Crippen molar-refractivity contribution in [2.75, 3.05) is 19.1 Å². The van der Waals surface area contributed by atoms with E-state index in [1.54, 1.807) is 42.5 Å². The molecule has 1 fully saturated rings. The van der Waals surface area contributed by atoms with Crippen molar-refractivity contribution in [1.82, 2.24) is 0 Å². The van der Waals surface area contributed by atoms with Crippen molar-refractivity contribution in [3.05, 3.63) is 89.0 Å². The summed E-state index contributed by atoms with van der Waals surface area (Å²) in [5, 5.41) is 21.3. The Hall–Kier alpha value is -4.26. The second-order valence-corrected chi connectivity index (χ2v) is 7.67. The third-order valence-electron chi connectivity index (χ3n) is 5.57. The number of hydrogen-bond donors (Lipinski definition) is 2. The molecule has 1 heterocycles. The van der Waals surface area contributed by atoms with E-state index in [0.29, 0.717) is 28.3 Å². The van der Waals surface area contributed by atoms with Crippen LogP contribution in [0, 0.1) is 6.92 Å². The average molecular weight is 445 g/mol. The van der Waals surface area contributed by atoms with Crippen LogP contribution in [0.2, 0.25) is 0 Å². The van der Waals surface area contributed by atoms with Crippen LogP contribution in [-0.4, -0.2) is 36.1 Å². The van der Waals surface area contributed by atoms with Crippen molar-refractivity contribution in [3.8, 4) is 17.2 Å². The highest BCUT2D eigenvalue weighted by Crippen LogP contribution is 2.43. The lowest BCUT2D eigenvalue weighted by atomic mass is 9.94. The zero-order chi connectivity index (χ0) is 23.7. The Bertz CT molecular complexity index is 1280. The number of phenolic OH excluding ortho intramolecular Hbond substituents is 1. The van der Waals surface area contributed by atoms with Crippen molar-refractivity contribution >= 4 is 23.1 Å². The van der Waals surface area contributed by atoms with Crippen LogP contribution >= 0.6 is 0 Å². The van der Waals surface area contributed by atoms with Gasteiger partial charge < -0.3 is 19.7 Å². The molecule has 1 aliphatic rings. The van der Waals surface area contributed by atoms with Gasteiger partial charge in [0.05, 0.1) is 25.8 Å². The van der Waals surface area contributed by atoms with Crippen molar-refractivity contribution in [1.29, 1.82) is 0 Å². The van der Waals surface area contributed by atoms with Crippen molar-refractivity contribution < 1.29 is 29.3 Å². The number of aromatic hydroxyl groups is 1. The van der Waals surface area contributed by atoms with E-state index < -0.39 is 17.7 Å². The first-order chi connectivity index (χ1) is 15.8. The number of ether oxygens (including phenoxy) is 2. The van der Waals surface area contributed by atoms with Gasteiger partial charge in [0.1, 0.15) is 11.5 Å². The minimum absolute atomic E-state index is 0.0200. The van der Waals surface area contributed by atoms with Crippen LogP contribution in [0.1, 0.15) is 22.7 Å². The molecule has 0 spiro atoms. The van der Waals surface area contributed by atoms with Gasteiger partial charge in [0.2, 0.25) is 0 Å². The number of carbonyl (C=O) groups is 2. The van der Waals surface area contributed by atoms with Crippen LogP contribution in [-0.2, 0) is 9.59 Å². The third-order valence-corrected chi connectivity index (χ3v) is 5.57. The largest absolute Gasteiger partial charge is 0.508 e. The number of phenols is 1. The summed E-state index contributed by atoms with van der Waals surface area (Å²) in [5.74, 6) is -1.14. The highest BCUT2D eigenvalue weighted by molar-refractivity contribution is 6.51. The van der Waals surface area contributed by atoms with E-state index in [1.165, 1.54) is 37.3 Å². The molecule has 33 heavy (non-hydrogen) atoms. The number of hydrogen-bond acceptors (Lipinski definition) is 6. The minimum atomic E-state index is -0.938. The summed E-state index contributed by atoms with van der Waals surface area (Å²) < 4.78 is 10.6. The maximum Gasteiger partial charge on any atom is 0.300 e. The molecular formula is C26H23NO6. The molecule has 7 nitrogen and oxygen atoms in total. The van der Waals surface area contributed by atoms with Crippen LogP contribution in [0.3, 0.4) is 0 Å². The number of methoxy groups -OCH3 is 2. The fourth-order valence-corrected chi connectivity index (χ4v) is 4.03. The van der Waals surface area contributed by atoms with E-state index >= 15 is 0 Å². The van der Waals surface area contributed by atoms with Crippen LogP contribution in [0.25, 0.3) is 5.76 Å². The van der Waals surface area contributed by atoms with Gasteiger partial charge in [-0.05, 0) is 60.5 Å². The van der Waals surface area contributed by atoms with Crippen LogP contribution < -0.4 is 14.4 Å². The molecule has 3 aromatic rings. The smallest absolute Gasteiger partial charge is 0.300 e. The monoisotopic (exact) mass is 445 g/mol. The molecule has 2 N–H and O–H groups in total. The summed E-state index contributed by atoms with van der Waals surface area (Å²) in [4.78, 5) is 27.7. The lowest BCUT2D eigenvalue weighted by molar-refractivity contribution is -0.132. The second kappa shape index (κ2) is 8.70. The molecule has 0 radical (unpaired) electrons. The van der Waals surface area contributed by atoms with Crippen molar-refractivity contribution in [2.45, 2.75) is 13.0 Å². The Morgan fingerprint density at radius 1 is 0.909 bits per heavy atom. The SMILES string of the molecule is COc1ccc(/C(O)=C2/C(=O)C(=O)N(c3cccc(C)c3)C2c2cccc(O)c2)cc1OC. The summed E-state index contributed by atoms with van der Waals surface area (Å²) >= 11 is 0. The highest BCUT2D eigenvalue weighted by atomic mass is 16.5. The van der Waals surface area contributed by atoms with Gasteiger partial charge in [0.25, 0.3) is 11.7 Å². The molecule has 1 amide bonds. The highest BCUT2D eigenvalue weighted by Gasteiger charge is 2.47. The molecule has 0 bridgehead atoms. The first-order valence-corrected chi connectivity index (χ1v) is 10.2. The number of ketones is 1. The van der Waals surface area contributed by atoms with E-state index in [4.69, 9.17) is 9.47 Å². The van der Waals surface area contributed by atoms with Crippen LogP contribution in [0.5, 0.6) is 17.2 Å². The summed E-state index contributed by atoms with van der Waals surface area (Å²) in [6.45, 7) is 1.88. The van der Waals surface area contributed by atoms with Gasteiger partial charge in [-0.3, -0.25) is 14.5 Å². The molecule has 0 aromatic heterocycles. The number of anilines is 1. The third kappa shape index (κ3) is 3.89. The summed E-state index contributed by atoms with van der Waals surface area (Å²) in [6.07, 6.45) is 0. The van der Waals surface area contributed by atoms with Gasteiger partial charge in [-0.1, -0.05) is 24.3 Å². The first kappa shape index (κ1) is 22.0. The van der Waals surface area contributed by atoms with E-state index in [9.17, 15) is 19.8 Å². The average Bonchev–Trinajstić information content (AvgIpc) is 3.08. The predicted molar refractivity (Wildman–Crippen MR) is 124 cm³/mol. The lowest BCUT2D eigenvalue weighted by Crippen LogP contribution is -2.29. The molecule has 168 valence electrons. The summed E-state index contributed by atoms with van der Waals surface area (Å²) in [5.41, 5.74) is 2.11. The van der Waals surface area contributed by atoms with E-state index in [0.717, 1.165) is 5.56 Å². The van der Waals surface area contributed by atoms with E-state index in [2.05, 4.69) is 0 Å². The maximum absolute atomic E-state index is 13.2. The van der Waals surface area contributed by atoms with Crippen LogP contribution in [0.4, 0.5) is 5.69 Å². The second-order valence-electron chi connectivity index (χ2n) is 7.67. The van der Waals surface area contributed by atoms with Gasteiger partial charge in [-0.2, -0.15) is 0 Å². The molecule has 1 atom stereocenters. The van der Waals surface area contributed by atoms with Gasteiger partial charge >= 0.3 is 0 Å². The molecule has 1 saturated heterocycles. The van der Waals surface area contributed by atoms with Gasteiger partial charge in [-0.15, -0.1) is 0 Å². The first-order valence-electron chi connectivity index (χ1n) is 10.2. The number of nitrogens with zero attached hydrogens (tertiary/aromatic N) is 1. The maximum atomic E-state index is 13.2. The van der Waals surface area contributed by atoms with Gasteiger partial charge in [0.15, 0.2) is 11.5 Å². The number of carbonyl (C=O) groups excluding carboxylic acids is 2. The van der Waals surface area contributed by atoms with Crippen LogP contribution in [0.15, 0.2) is 72.3 Å². The minimum Gasteiger partial charge on any atom is -0.508 e. The van der Waals surface area contributed by atoms with E-state index in [-0.39, 0.29) is 17.1 Å². The number of Topliss-reactive ketones (excluding diaryl/α,β-unsaturated/α-hetero) is 1.